The molecule has 6 nitrogen and oxygen atoms in total. The predicted octanol–water partition coefficient (Wildman–Crippen LogP) is 6.36. The molecule has 0 aliphatic rings. The second kappa shape index (κ2) is 10.8. The molecule has 1 atom stereocenters. The second-order valence-corrected chi connectivity index (χ2v) is 8.10. The Morgan fingerprint density at radius 3 is 2.44 bits per heavy atom. The van der Waals surface area contributed by atoms with Crippen LogP contribution in [0, 0.1) is 0 Å². The zero-order valence-corrected chi connectivity index (χ0v) is 19.5. The molecule has 34 heavy (non-hydrogen) atoms. The molecule has 0 saturated carbocycles. The van der Waals surface area contributed by atoms with Gasteiger partial charge in [-0.05, 0) is 48.2 Å². The van der Waals surface area contributed by atoms with Crippen molar-refractivity contribution in [2.75, 3.05) is 6.61 Å². The number of aromatic amines is 1. The molecular formula is C24H24ClF3N2O4. The fourth-order valence-corrected chi connectivity index (χ4v) is 3.66. The summed E-state index contributed by atoms with van der Waals surface area (Å²) in [7, 11) is 0. The predicted molar refractivity (Wildman–Crippen MR) is 120 cm³/mol. The number of nitrogens with one attached hydrogen (secondary N) is 1. The van der Waals surface area contributed by atoms with Gasteiger partial charge in [-0.3, -0.25) is 9.89 Å². The molecule has 0 saturated heterocycles. The molecule has 3 rings (SSSR count). The summed E-state index contributed by atoms with van der Waals surface area (Å²) in [6.07, 6.45) is -5.51. The van der Waals surface area contributed by atoms with Crippen LogP contribution in [0.2, 0.25) is 5.15 Å². The highest BCUT2D eigenvalue weighted by molar-refractivity contribution is 6.30. The number of benzene rings is 2. The zero-order chi connectivity index (χ0) is 24.9. The molecule has 0 amide bonds. The first-order valence-corrected chi connectivity index (χ1v) is 11.0. The Hall–Kier alpha value is -3.20. The Bertz CT molecular complexity index is 1110. The van der Waals surface area contributed by atoms with E-state index in [1.165, 1.54) is 24.3 Å². The molecular weight excluding hydrogens is 473 g/mol. The van der Waals surface area contributed by atoms with Crippen molar-refractivity contribution in [3.63, 3.8) is 0 Å². The minimum absolute atomic E-state index is 0.0177. The van der Waals surface area contributed by atoms with Crippen LogP contribution in [0.25, 0.3) is 0 Å². The fourth-order valence-electron chi connectivity index (χ4n) is 3.41. The lowest BCUT2D eigenvalue weighted by atomic mass is 9.97. The molecule has 1 unspecified atom stereocenters. The number of aromatic nitrogens is 2. The fraction of sp³-hybridized carbons (Fsp3) is 0.333. The second-order valence-electron chi connectivity index (χ2n) is 7.74. The topological polar surface area (TPSA) is 73.4 Å². The highest BCUT2D eigenvalue weighted by atomic mass is 35.5. The number of esters is 1. The van der Waals surface area contributed by atoms with Crippen LogP contribution >= 0.6 is 11.6 Å². The Balaban J connectivity index is 1.97. The van der Waals surface area contributed by atoms with Gasteiger partial charge in [-0.2, -0.15) is 5.10 Å². The van der Waals surface area contributed by atoms with Crippen molar-refractivity contribution in [1.82, 2.24) is 10.2 Å². The van der Waals surface area contributed by atoms with Crippen LogP contribution in [0.4, 0.5) is 13.2 Å². The summed E-state index contributed by atoms with van der Waals surface area (Å²) < 4.78 is 53.0. The van der Waals surface area contributed by atoms with Crippen LogP contribution in [-0.4, -0.2) is 29.1 Å². The summed E-state index contributed by atoms with van der Waals surface area (Å²) in [4.78, 5) is 11.9. The van der Waals surface area contributed by atoms with Crippen LogP contribution in [0.15, 0.2) is 48.5 Å². The quantitative estimate of drug-likeness (QED) is 0.349. The van der Waals surface area contributed by atoms with Crippen molar-refractivity contribution >= 4 is 17.6 Å². The van der Waals surface area contributed by atoms with Crippen LogP contribution in [0.5, 0.6) is 11.5 Å². The van der Waals surface area contributed by atoms with Gasteiger partial charge in [0.05, 0.1) is 18.6 Å². The SMILES string of the molecule is CCOC(=O)Cc1cccc(OC(c2ccc(OC(F)(F)F)cc2)c2c(Cl)n[nH]c2C(C)C)c1. The summed E-state index contributed by atoms with van der Waals surface area (Å²) in [6, 6.07) is 12.3. The van der Waals surface area contributed by atoms with E-state index in [2.05, 4.69) is 14.9 Å². The maximum Gasteiger partial charge on any atom is 0.573 e. The van der Waals surface area contributed by atoms with Gasteiger partial charge in [-0.1, -0.05) is 49.7 Å². The highest BCUT2D eigenvalue weighted by Crippen LogP contribution is 2.37. The van der Waals surface area contributed by atoms with E-state index < -0.39 is 12.5 Å². The van der Waals surface area contributed by atoms with Gasteiger partial charge in [0.25, 0.3) is 0 Å². The van der Waals surface area contributed by atoms with Gasteiger partial charge in [-0.25, -0.2) is 0 Å². The maximum absolute atomic E-state index is 12.6. The van der Waals surface area contributed by atoms with Crippen LogP contribution in [-0.2, 0) is 16.0 Å². The lowest BCUT2D eigenvalue weighted by molar-refractivity contribution is -0.274. The zero-order valence-electron chi connectivity index (χ0n) is 18.8. The van der Waals surface area contributed by atoms with E-state index in [-0.39, 0.29) is 35.8 Å². The molecule has 0 fully saturated rings. The monoisotopic (exact) mass is 496 g/mol. The lowest BCUT2D eigenvalue weighted by Gasteiger charge is -2.22. The molecule has 0 radical (unpaired) electrons. The standard InChI is InChI=1S/C24H24ClF3N2O4/c1-4-32-19(31)13-15-6-5-7-18(12-15)33-22(20-21(14(2)3)29-30-23(20)25)16-8-10-17(11-9-16)34-24(26,27)28/h5-12,14,22H,4,13H2,1-3H3,(H,29,30). The normalized spacial score (nSPS) is 12.5. The number of hydrogen-bond acceptors (Lipinski definition) is 5. The first-order chi connectivity index (χ1) is 16.1. The van der Waals surface area contributed by atoms with E-state index in [0.29, 0.717) is 22.4 Å². The minimum Gasteiger partial charge on any atom is -0.481 e. The Kier molecular flexibility index (Phi) is 8.09. The van der Waals surface area contributed by atoms with E-state index in [4.69, 9.17) is 21.1 Å². The van der Waals surface area contributed by atoms with Gasteiger partial charge in [0.15, 0.2) is 11.3 Å². The Morgan fingerprint density at radius 1 is 1.12 bits per heavy atom. The highest BCUT2D eigenvalue weighted by Gasteiger charge is 2.32. The molecule has 0 aliphatic carbocycles. The summed E-state index contributed by atoms with van der Waals surface area (Å²) in [5, 5.41) is 7.19. The van der Waals surface area contributed by atoms with Crippen molar-refractivity contribution in [3.8, 4) is 11.5 Å². The average molecular weight is 497 g/mol. The van der Waals surface area contributed by atoms with E-state index in [1.807, 2.05) is 13.8 Å². The largest absolute Gasteiger partial charge is 0.573 e. The summed E-state index contributed by atoms with van der Waals surface area (Å²) in [5.74, 6) is -0.260. The van der Waals surface area contributed by atoms with Crippen molar-refractivity contribution in [3.05, 3.63) is 76.1 Å². The number of carbonyl (C=O) groups is 1. The summed E-state index contributed by atoms with van der Waals surface area (Å²) in [6.45, 7) is 5.91. The third-order valence-corrected chi connectivity index (χ3v) is 5.14. The van der Waals surface area contributed by atoms with Crippen molar-refractivity contribution in [2.24, 2.45) is 0 Å². The molecule has 1 aromatic heterocycles. The third kappa shape index (κ3) is 6.66. The minimum atomic E-state index is -4.80. The molecule has 0 spiro atoms. The molecule has 3 aromatic rings. The Morgan fingerprint density at radius 2 is 1.82 bits per heavy atom. The summed E-state index contributed by atoms with van der Waals surface area (Å²) >= 11 is 6.40. The van der Waals surface area contributed by atoms with Gasteiger partial charge >= 0.3 is 12.3 Å². The van der Waals surface area contributed by atoms with Crippen LogP contribution < -0.4 is 9.47 Å². The first-order valence-electron chi connectivity index (χ1n) is 10.6. The molecule has 2 aromatic carbocycles. The van der Waals surface area contributed by atoms with Gasteiger partial charge < -0.3 is 14.2 Å². The number of nitrogens with zero attached hydrogens (tertiary/aromatic N) is 1. The number of carbonyl (C=O) groups excluding carboxylic acids is 1. The number of rotatable bonds is 9. The maximum atomic E-state index is 12.6. The molecule has 182 valence electrons. The molecule has 1 heterocycles. The van der Waals surface area contributed by atoms with Crippen molar-refractivity contribution < 1.29 is 32.2 Å². The van der Waals surface area contributed by atoms with Gasteiger partial charge in [0.2, 0.25) is 0 Å². The van der Waals surface area contributed by atoms with Gasteiger partial charge in [0.1, 0.15) is 11.5 Å². The van der Waals surface area contributed by atoms with E-state index in [0.717, 1.165) is 5.69 Å². The number of alkyl halides is 3. The Labute approximate surface area is 200 Å². The average Bonchev–Trinajstić information content (AvgIpc) is 3.13. The molecule has 0 aliphatic heterocycles. The van der Waals surface area contributed by atoms with E-state index in [9.17, 15) is 18.0 Å². The van der Waals surface area contributed by atoms with Crippen LogP contribution in [0.1, 0.15) is 55.2 Å². The lowest BCUT2D eigenvalue weighted by Crippen LogP contribution is -2.17. The summed E-state index contributed by atoms with van der Waals surface area (Å²) in [5.41, 5.74) is 2.52. The van der Waals surface area contributed by atoms with E-state index in [1.54, 1.807) is 31.2 Å². The molecule has 10 heteroatoms. The van der Waals surface area contributed by atoms with Gasteiger partial charge in [0, 0.05) is 5.69 Å². The first kappa shape index (κ1) is 25.4. The van der Waals surface area contributed by atoms with E-state index >= 15 is 0 Å². The number of ether oxygens (including phenoxy) is 3. The number of H-pyrrole nitrogens is 1. The molecule has 1 N–H and O–H groups in total. The van der Waals surface area contributed by atoms with Crippen molar-refractivity contribution in [1.29, 1.82) is 0 Å². The number of hydrogen-bond donors (Lipinski definition) is 1. The third-order valence-electron chi connectivity index (χ3n) is 4.85. The van der Waals surface area contributed by atoms with Crippen molar-refractivity contribution in [2.45, 2.75) is 45.6 Å². The number of halogens is 4. The smallest absolute Gasteiger partial charge is 0.481 e. The van der Waals surface area contributed by atoms with Gasteiger partial charge in [-0.15, -0.1) is 13.2 Å². The molecule has 0 bridgehead atoms. The van der Waals surface area contributed by atoms with Crippen LogP contribution in [0.3, 0.4) is 0 Å².